The summed E-state index contributed by atoms with van der Waals surface area (Å²) in [5.41, 5.74) is 1.32. The van der Waals surface area contributed by atoms with Crippen molar-refractivity contribution < 1.29 is 23.9 Å². The first-order chi connectivity index (χ1) is 18.7. The highest BCUT2D eigenvalue weighted by Gasteiger charge is 2.34. The fourth-order valence-corrected chi connectivity index (χ4v) is 5.30. The summed E-state index contributed by atoms with van der Waals surface area (Å²) in [6, 6.07) is 8.76. The van der Waals surface area contributed by atoms with Gasteiger partial charge < -0.3 is 14.2 Å². The molecule has 2 heterocycles. The Bertz CT molecular complexity index is 1730. The Balaban J connectivity index is 1.99. The molecule has 11 heteroatoms. The largest absolute Gasteiger partial charge is 0.497 e. The molecule has 0 N–H and O–H groups in total. The maximum Gasteiger partial charge on any atom is 0.338 e. The van der Waals surface area contributed by atoms with Gasteiger partial charge in [-0.3, -0.25) is 19.5 Å². The van der Waals surface area contributed by atoms with Gasteiger partial charge in [0.25, 0.3) is 11.2 Å². The minimum absolute atomic E-state index is 0.0305. The number of nitrogens with zero attached hydrogens (tertiary/aromatic N) is 3. The number of thiazole rings is 1. The van der Waals surface area contributed by atoms with Gasteiger partial charge in [-0.2, -0.15) is 0 Å². The number of nitro groups is 1. The molecule has 200 valence electrons. The van der Waals surface area contributed by atoms with Crippen LogP contribution in [-0.4, -0.2) is 35.8 Å². The van der Waals surface area contributed by atoms with E-state index in [2.05, 4.69) is 10.9 Å². The Kier molecular flexibility index (Phi) is 7.97. The summed E-state index contributed by atoms with van der Waals surface area (Å²) in [5.74, 6) is 2.76. The Morgan fingerprint density at radius 3 is 2.72 bits per heavy atom. The predicted molar refractivity (Wildman–Crippen MR) is 146 cm³/mol. The summed E-state index contributed by atoms with van der Waals surface area (Å²) in [4.78, 5) is 43.0. The molecular weight excluding hydrogens is 522 g/mol. The van der Waals surface area contributed by atoms with E-state index in [4.69, 9.17) is 20.6 Å². The van der Waals surface area contributed by atoms with Gasteiger partial charge in [0.15, 0.2) is 4.80 Å². The van der Waals surface area contributed by atoms with Gasteiger partial charge in [-0.25, -0.2) is 9.79 Å². The molecule has 1 atom stereocenters. The van der Waals surface area contributed by atoms with Crippen molar-refractivity contribution in [3.8, 4) is 23.8 Å². The van der Waals surface area contributed by atoms with E-state index < -0.39 is 22.5 Å². The highest BCUT2D eigenvalue weighted by molar-refractivity contribution is 7.07. The topological polar surface area (TPSA) is 122 Å². The molecule has 10 nitrogen and oxygen atoms in total. The molecule has 39 heavy (non-hydrogen) atoms. The van der Waals surface area contributed by atoms with Crippen LogP contribution in [-0.2, 0) is 9.53 Å². The summed E-state index contributed by atoms with van der Waals surface area (Å²) in [5, 5.41) is 11.7. The molecular formula is C28H25N3O7S. The molecule has 0 amide bonds. The molecule has 3 aromatic rings. The monoisotopic (exact) mass is 547 g/mol. The average molecular weight is 548 g/mol. The number of carbonyl (C=O) groups is 1. The molecule has 1 aromatic heterocycles. The summed E-state index contributed by atoms with van der Waals surface area (Å²) >= 11 is 1.12. The second-order valence-corrected chi connectivity index (χ2v) is 9.51. The van der Waals surface area contributed by atoms with Crippen molar-refractivity contribution in [1.29, 1.82) is 0 Å². The lowest BCUT2D eigenvalue weighted by molar-refractivity contribution is -0.385. The number of benzene rings is 2. The third-order valence-corrected chi connectivity index (χ3v) is 7.06. The highest BCUT2D eigenvalue weighted by Crippen LogP contribution is 2.33. The van der Waals surface area contributed by atoms with Crippen LogP contribution in [0, 0.1) is 29.4 Å². The van der Waals surface area contributed by atoms with Crippen LogP contribution in [0.15, 0.2) is 57.5 Å². The number of allylic oxidation sites excluding steroid dienone is 1. The molecule has 0 spiro atoms. The van der Waals surface area contributed by atoms with Crippen molar-refractivity contribution in [3.05, 3.63) is 94.2 Å². The van der Waals surface area contributed by atoms with Crippen molar-refractivity contribution >= 4 is 29.1 Å². The number of hydrogen-bond donors (Lipinski definition) is 0. The van der Waals surface area contributed by atoms with Crippen molar-refractivity contribution in [2.75, 3.05) is 20.3 Å². The number of nitro benzene ring substituents is 1. The van der Waals surface area contributed by atoms with Gasteiger partial charge in [-0.05, 0) is 50.6 Å². The third kappa shape index (κ3) is 5.32. The summed E-state index contributed by atoms with van der Waals surface area (Å²) in [6.45, 7) is 5.07. The molecule has 0 saturated carbocycles. The number of aromatic nitrogens is 1. The molecule has 4 rings (SSSR count). The Morgan fingerprint density at radius 2 is 2.05 bits per heavy atom. The van der Waals surface area contributed by atoms with E-state index in [1.165, 1.54) is 17.7 Å². The normalized spacial score (nSPS) is 14.7. The van der Waals surface area contributed by atoms with Crippen molar-refractivity contribution in [3.63, 3.8) is 0 Å². The molecule has 0 saturated heterocycles. The number of fused-ring (bicyclic) bond motifs is 1. The lowest BCUT2D eigenvalue weighted by Gasteiger charge is -2.24. The molecule has 0 bridgehead atoms. The zero-order valence-electron chi connectivity index (χ0n) is 21.7. The lowest BCUT2D eigenvalue weighted by Crippen LogP contribution is -2.40. The maximum atomic E-state index is 13.9. The number of hydrogen-bond acceptors (Lipinski definition) is 9. The Morgan fingerprint density at radius 1 is 1.28 bits per heavy atom. The SMILES string of the molecule is C#CCOc1ccc(OC)cc1/C=c1/sc2n(c1=O)C(c1ccc(C)c([N+](=O)[O-])c1)C(C(=O)OCC)=C(C)N=2. The van der Waals surface area contributed by atoms with Crippen molar-refractivity contribution in [2.24, 2.45) is 4.99 Å². The van der Waals surface area contributed by atoms with Gasteiger partial charge in [0.05, 0.1) is 40.5 Å². The van der Waals surface area contributed by atoms with E-state index in [9.17, 15) is 19.7 Å². The fraction of sp³-hybridized carbons (Fsp3) is 0.250. The number of rotatable bonds is 8. The number of carbonyl (C=O) groups excluding carboxylic acids is 1. The van der Waals surface area contributed by atoms with Crippen LogP contribution < -0.4 is 24.4 Å². The summed E-state index contributed by atoms with van der Waals surface area (Å²) < 4.78 is 17.9. The first-order valence-corrected chi connectivity index (χ1v) is 12.7. The Labute approximate surface area is 227 Å². The van der Waals surface area contributed by atoms with Crippen LogP contribution in [0.1, 0.15) is 36.6 Å². The van der Waals surface area contributed by atoms with E-state index in [1.807, 2.05) is 0 Å². The van der Waals surface area contributed by atoms with E-state index in [0.29, 0.717) is 43.2 Å². The maximum absolute atomic E-state index is 13.9. The number of esters is 1. The minimum Gasteiger partial charge on any atom is -0.497 e. The molecule has 1 aliphatic rings. The molecule has 2 aromatic carbocycles. The fourth-order valence-electron chi connectivity index (χ4n) is 4.26. The lowest BCUT2D eigenvalue weighted by atomic mass is 9.94. The number of ether oxygens (including phenoxy) is 3. The number of aryl methyl sites for hydroxylation is 1. The van der Waals surface area contributed by atoms with Crippen molar-refractivity contribution in [2.45, 2.75) is 26.8 Å². The van der Waals surface area contributed by atoms with Gasteiger partial charge >= 0.3 is 5.97 Å². The first kappa shape index (κ1) is 27.3. The molecule has 0 aliphatic carbocycles. The van der Waals surface area contributed by atoms with Crippen molar-refractivity contribution in [1.82, 2.24) is 4.57 Å². The quantitative estimate of drug-likeness (QED) is 0.184. The first-order valence-electron chi connectivity index (χ1n) is 11.9. The van der Waals surface area contributed by atoms with E-state index in [1.54, 1.807) is 57.2 Å². The molecule has 0 fully saturated rings. The van der Waals surface area contributed by atoms with Crippen LogP contribution in [0.25, 0.3) is 6.08 Å². The van der Waals surface area contributed by atoms with Gasteiger partial charge in [0, 0.05) is 17.2 Å². The van der Waals surface area contributed by atoms with Gasteiger partial charge in [-0.1, -0.05) is 29.4 Å². The zero-order valence-corrected chi connectivity index (χ0v) is 22.5. The van der Waals surface area contributed by atoms with Gasteiger partial charge in [-0.15, -0.1) is 6.42 Å². The summed E-state index contributed by atoms with van der Waals surface area (Å²) in [7, 11) is 1.52. The smallest absolute Gasteiger partial charge is 0.338 e. The minimum atomic E-state index is -0.982. The molecule has 1 aliphatic heterocycles. The van der Waals surface area contributed by atoms with Crippen LogP contribution in [0.2, 0.25) is 0 Å². The van der Waals surface area contributed by atoms with E-state index >= 15 is 0 Å². The molecule has 0 radical (unpaired) electrons. The number of terminal acetylenes is 1. The zero-order chi connectivity index (χ0) is 28.3. The number of methoxy groups -OCH3 is 1. The highest BCUT2D eigenvalue weighted by atomic mass is 32.1. The Hall–Kier alpha value is -4.69. The summed E-state index contributed by atoms with van der Waals surface area (Å²) in [6.07, 6.45) is 6.98. The van der Waals surface area contributed by atoms with Crippen LogP contribution in [0.5, 0.6) is 11.5 Å². The second kappa shape index (κ2) is 11.4. The predicted octanol–water partition coefficient (Wildman–Crippen LogP) is 3.04. The van der Waals surface area contributed by atoms with Crippen LogP contribution >= 0.6 is 11.3 Å². The van der Waals surface area contributed by atoms with E-state index in [-0.39, 0.29) is 24.5 Å². The average Bonchev–Trinajstić information content (AvgIpc) is 3.21. The molecule has 1 unspecified atom stereocenters. The standard InChI is InChI=1S/C28H25N3O7S/c1-6-12-38-22-11-10-20(36-5)13-19(22)15-23-26(32)30-25(18-9-8-16(3)21(14-18)31(34)35)24(27(33)37-7-2)17(4)29-28(30)39-23/h1,8-11,13-15,25H,7,12H2,2-5H3/b23-15+. The van der Waals surface area contributed by atoms with E-state index in [0.717, 1.165) is 11.3 Å². The van der Waals surface area contributed by atoms with Crippen LogP contribution in [0.4, 0.5) is 5.69 Å². The van der Waals surface area contributed by atoms with Crippen LogP contribution in [0.3, 0.4) is 0 Å². The second-order valence-electron chi connectivity index (χ2n) is 8.50. The van der Waals surface area contributed by atoms with Gasteiger partial charge in [0.2, 0.25) is 0 Å². The van der Waals surface area contributed by atoms with Gasteiger partial charge in [0.1, 0.15) is 18.1 Å². The third-order valence-electron chi connectivity index (χ3n) is 6.08.